The van der Waals surface area contributed by atoms with Crippen molar-refractivity contribution in [1.29, 1.82) is 0 Å². The predicted molar refractivity (Wildman–Crippen MR) is 96.7 cm³/mol. The van der Waals surface area contributed by atoms with E-state index in [1.807, 2.05) is 24.3 Å². The Balaban J connectivity index is 1.97. The smallest absolute Gasteiger partial charge is 0.271 e. The molecule has 0 aliphatic rings. The molecule has 6 nitrogen and oxygen atoms in total. The molecule has 6 heteroatoms. The summed E-state index contributed by atoms with van der Waals surface area (Å²) in [7, 11) is 3.05. The van der Waals surface area contributed by atoms with Gasteiger partial charge in [-0.15, -0.1) is 0 Å². The summed E-state index contributed by atoms with van der Waals surface area (Å²) in [5.41, 5.74) is 3.73. The van der Waals surface area contributed by atoms with Gasteiger partial charge in [-0.3, -0.25) is 4.79 Å². The zero-order chi connectivity index (χ0) is 18.1. The van der Waals surface area contributed by atoms with E-state index in [4.69, 9.17) is 14.2 Å². The number of hydrogen-bond acceptors (Lipinski definition) is 5. The second-order valence-corrected chi connectivity index (χ2v) is 4.94. The first-order valence-corrected chi connectivity index (χ1v) is 7.57. The van der Waals surface area contributed by atoms with Gasteiger partial charge in [0.15, 0.2) is 11.5 Å². The van der Waals surface area contributed by atoms with E-state index in [0.29, 0.717) is 23.7 Å². The third-order valence-electron chi connectivity index (χ3n) is 3.27. The summed E-state index contributed by atoms with van der Waals surface area (Å²) in [6.45, 7) is 4.05. The molecule has 0 unspecified atom stereocenters. The molecule has 0 atom stereocenters. The summed E-state index contributed by atoms with van der Waals surface area (Å²) in [5.74, 6) is 1.44. The maximum absolute atomic E-state index is 12.1. The molecule has 2 rings (SSSR count). The van der Waals surface area contributed by atoms with Crippen LogP contribution in [0.4, 0.5) is 0 Å². The lowest BCUT2D eigenvalue weighted by Crippen LogP contribution is -2.17. The van der Waals surface area contributed by atoms with Crippen LogP contribution in [0.3, 0.4) is 0 Å². The van der Waals surface area contributed by atoms with Crippen LogP contribution in [0.25, 0.3) is 0 Å². The fourth-order valence-electron chi connectivity index (χ4n) is 2.01. The van der Waals surface area contributed by atoms with Gasteiger partial charge in [0, 0.05) is 5.56 Å². The van der Waals surface area contributed by atoms with Gasteiger partial charge in [0.1, 0.15) is 12.4 Å². The normalized spacial score (nSPS) is 10.3. The van der Waals surface area contributed by atoms with Crippen LogP contribution in [0.5, 0.6) is 17.2 Å². The highest BCUT2D eigenvalue weighted by atomic mass is 16.5. The van der Waals surface area contributed by atoms with Crippen molar-refractivity contribution in [2.45, 2.75) is 0 Å². The van der Waals surface area contributed by atoms with Crippen LogP contribution in [-0.4, -0.2) is 32.9 Å². The van der Waals surface area contributed by atoms with Gasteiger partial charge in [-0.25, -0.2) is 5.43 Å². The second-order valence-electron chi connectivity index (χ2n) is 4.94. The monoisotopic (exact) mass is 340 g/mol. The number of benzene rings is 2. The molecule has 2 aromatic rings. The fourth-order valence-corrected chi connectivity index (χ4v) is 2.01. The Labute approximate surface area is 146 Å². The van der Waals surface area contributed by atoms with Crippen molar-refractivity contribution in [3.8, 4) is 17.2 Å². The van der Waals surface area contributed by atoms with Gasteiger partial charge in [-0.1, -0.05) is 12.7 Å². The molecular formula is C19H20N2O4. The SMILES string of the molecule is C=CCOc1ccc(C=NNC(=O)c2ccc(OC)c(OC)c2)cc1. The number of nitrogens with zero attached hydrogens (tertiary/aromatic N) is 1. The molecule has 0 heterocycles. The Morgan fingerprint density at radius 1 is 1.12 bits per heavy atom. The summed E-state index contributed by atoms with van der Waals surface area (Å²) in [6, 6.07) is 12.2. The quantitative estimate of drug-likeness (QED) is 0.456. The van der Waals surface area contributed by atoms with E-state index in [1.165, 1.54) is 14.2 Å². The lowest BCUT2D eigenvalue weighted by atomic mass is 10.2. The van der Waals surface area contributed by atoms with Crippen molar-refractivity contribution >= 4 is 12.1 Å². The highest BCUT2D eigenvalue weighted by molar-refractivity contribution is 5.95. The highest BCUT2D eigenvalue weighted by Crippen LogP contribution is 2.27. The number of carbonyl (C=O) groups is 1. The number of nitrogens with one attached hydrogen (secondary N) is 1. The number of amides is 1. The number of methoxy groups -OCH3 is 2. The summed E-state index contributed by atoms with van der Waals surface area (Å²) in [5, 5.41) is 3.95. The topological polar surface area (TPSA) is 69.2 Å². The standard InChI is InChI=1S/C19H20N2O4/c1-4-11-25-16-8-5-14(6-9-16)13-20-21-19(22)15-7-10-17(23-2)18(12-15)24-3/h4-10,12-13H,1,11H2,2-3H3,(H,21,22). The zero-order valence-electron chi connectivity index (χ0n) is 14.2. The number of rotatable bonds is 8. The van der Waals surface area contributed by atoms with E-state index < -0.39 is 0 Å². The molecule has 0 aromatic heterocycles. The Morgan fingerprint density at radius 2 is 1.84 bits per heavy atom. The number of hydrazone groups is 1. The van der Waals surface area contributed by atoms with Crippen molar-refractivity contribution < 1.29 is 19.0 Å². The number of hydrogen-bond donors (Lipinski definition) is 1. The Kier molecular flexibility index (Phi) is 6.59. The maximum Gasteiger partial charge on any atom is 0.271 e. The molecule has 25 heavy (non-hydrogen) atoms. The van der Waals surface area contributed by atoms with Crippen molar-refractivity contribution in [3.63, 3.8) is 0 Å². The van der Waals surface area contributed by atoms with Crippen molar-refractivity contribution in [1.82, 2.24) is 5.43 Å². The molecule has 1 N–H and O–H groups in total. The van der Waals surface area contributed by atoms with Crippen molar-refractivity contribution in [2.24, 2.45) is 5.10 Å². The summed E-state index contributed by atoms with van der Waals surface area (Å²) in [6.07, 6.45) is 3.23. The largest absolute Gasteiger partial charge is 0.493 e. The van der Waals surface area contributed by atoms with Crippen LogP contribution in [0.15, 0.2) is 60.2 Å². The van der Waals surface area contributed by atoms with Crippen LogP contribution in [-0.2, 0) is 0 Å². The van der Waals surface area contributed by atoms with E-state index in [0.717, 1.165) is 11.3 Å². The molecule has 1 amide bonds. The minimum Gasteiger partial charge on any atom is -0.493 e. The molecule has 0 radical (unpaired) electrons. The third kappa shape index (κ3) is 5.10. The molecule has 0 fully saturated rings. The van der Waals surface area contributed by atoms with E-state index in [2.05, 4.69) is 17.1 Å². The first-order valence-electron chi connectivity index (χ1n) is 7.57. The molecule has 0 saturated carbocycles. The van der Waals surface area contributed by atoms with E-state index in [9.17, 15) is 4.79 Å². The van der Waals surface area contributed by atoms with Gasteiger partial charge < -0.3 is 14.2 Å². The van der Waals surface area contributed by atoms with Crippen LogP contribution in [0.2, 0.25) is 0 Å². The molecule has 0 spiro atoms. The van der Waals surface area contributed by atoms with Gasteiger partial charge in [-0.2, -0.15) is 5.10 Å². The highest BCUT2D eigenvalue weighted by Gasteiger charge is 2.09. The summed E-state index contributed by atoms with van der Waals surface area (Å²) >= 11 is 0. The summed E-state index contributed by atoms with van der Waals surface area (Å²) in [4.78, 5) is 12.1. The molecule has 0 bridgehead atoms. The van der Waals surface area contributed by atoms with Gasteiger partial charge in [0.05, 0.1) is 20.4 Å². The maximum atomic E-state index is 12.1. The molecule has 130 valence electrons. The first-order chi connectivity index (χ1) is 12.2. The molecule has 0 aliphatic heterocycles. The molecule has 0 aliphatic carbocycles. The van der Waals surface area contributed by atoms with E-state index >= 15 is 0 Å². The van der Waals surface area contributed by atoms with Gasteiger partial charge in [0.25, 0.3) is 5.91 Å². The van der Waals surface area contributed by atoms with E-state index in [1.54, 1.807) is 30.5 Å². The van der Waals surface area contributed by atoms with Crippen molar-refractivity contribution in [3.05, 3.63) is 66.2 Å². The van der Waals surface area contributed by atoms with Crippen LogP contribution in [0, 0.1) is 0 Å². The zero-order valence-corrected chi connectivity index (χ0v) is 14.2. The van der Waals surface area contributed by atoms with Crippen LogP contribution < -0.4 is 19.6 Å². The number of carbonyl (C=O) groups excluding carboxylic acids is 1. The van der Waals surface area contributed by atoms with Crippen molar-refractivity contribution in [2.75, 3.05) is 20.8 Å². The molecule has 0 saturated heterocycles. The predicted octanol–water partition coefficient (Wildman–Crippen LogP) is 3.03. The lowest BCUT2D eigenvalue weighted by Gasteiger charge is -2.08. The minimum atomic E-state index is -0.344. The first kappa shape index (κ1) is 18.1. The number of ether oxygens (including phenoxy) is 3. The van der Waals surface area contributed by atoms with E-state index in [-0.39, 0.29) is 5.91 Å². The third-order valence-corrected chi connectivity index (χ3v) is 3.27. The average Bonchev–Trinajstić information content (AvgIpc) is 2.66. The van der Waals surface area contributed by atoms with Gasteiger partial charge in [-0.05, 0) is 48.0 Å². The van der Waals surface area contributed by atoms with Gasteiger partial charge in [0.2, 0.25) is 0 Å². The van der Waals surface area contributed by atoms with Crippen LogP contribution in [0.1, 0.15) is 15.9 Å². The minimum absolute atomic E-state index is 0.344. The lowest BCUT2D eigenvalue weighted by molar-refractivity contribution is 0.0954. The Bertz CT molecular complexity index is 755. The van der Waals surface area contributed by atoms with Gasteiger partial charge >= 0.3 is 0 Å². The second kappa shape index (κ2) is 9.12. The molecule has 2 aromatic carbocycles. The molecular weight excluding hydrogens is 320 g/mol. The summed E-state index contributed by atoms with van der Waals surface area (Å²) < 4.78 is 15.7. The average molecular weight is 340 g/mol. The Hall–Kier alpha value is -3.28. The Morgan fingerprint density at radius 3 is 2.48 bits per heavy atom. The fraction of sp³-hybridized carbons (Fsp3) is 0.158. The van der Waals surface area contributed by atoms with Crippen LogP contribution >= 0.6 is 0 Å².